The van der Waals surface area contributed by atoms with Gasteiger partial charge in [0, 0.05) is 31.4 Å². The number of rotatable bonds is 7. The monoisotopic (exact) mass is 455 g/mol. The molecule has 9 nitrogen and oxygen atoms in total. The minimum Gasteiger partial charge on any atom is -0.466 e. The van der Waals surface area contributed by atoms with Crippen LogP contribution in [0.5, 0.6) is 0 Å². The molecule has 176 valence electrons. The predicted molar refractivity (Wildman–Crippen MR) is 121 cm³/mol. The fourth-order valence-corrected chi connectivity index (χ4v) is 3.70. The second-order valence-corrected chi connectivity index (χ2v) is 8.03. The van der Waals surface area contributed by atoms with E-state index < -0.39 is 5.91 Å². The lowest BCUT2D eigenvalue weighted by molar-refractivity contribution is -0.151. The van der Waals surface area contributed by atoms with Gasteiger partial charge in [0.15, 0.2) is 5.76 Å². The number of amides is 3. The van der Waals surface area contributed by atoms with Crippen molar-refractivity contribution in [1.29, 1.82) is 0 Å². The SMILES string of the molecule is CCOC(=O)C1CCN(C(=O)CN(C)C(=O)c2ccc(C)c(NC(=O)c3ccco3)c2)CC1. The third-order valence-corrected chi connectivity index (χ3v) is 5.66. The number of likely N-dealkylation sites (N-methyl/N-ethyl adjacent to an activating group) is 1. The number of hydrogen-bond donors (Lipinski definition) is 1. The molecule has 0 bridgehead atoms. The number of furan rings is 1. The lowest BCUT2D eigenvalue weighted by atomic mass is 9.97. The summed E-state index contributed by atoms with van der Waals surface area (Å²) in [7, 11) is 1.56. The van der Waals surface area contributed by atoms with Gasteiger partial charge in [-0.05, 0) is 56.5 Å². The third-order valence-electron chi connectivity index (χ3n) is 5.66. The summed E-state index contributed by atoms with van der Waals surface area (Å²) in [5.41, 5.74) is 1.63. The molecule has 0 spiro atoms. The molecule has 0 unspecified atom stereocenters. The van der Waals surface area contributed by atoms with E-state index in [4.69, 9.17) is 9.15 Å². The van der Waals surface area contributed by atoms with Gasteiger partial charge in [-0.15, -0.1) is 0 Å². The topological polar surface area (TPSA) is 109 Å². The summed E-state index contributed by atoms with van der Waals surface area (Å²) in [4.78, 5) is 52.8. The summed E-state index contributed by atoms with van der Waals surface area (Å²) in [6, 6.07) is 8.15. The molecule has 0 aliphatic carbocycles. The molecular weight excluding hydrogens is 426 g/mol. The van der Waals surface area contributed by atoms with Gasteiger partial charge in [0.05, 0.1) is 25.3 Å². The quantitative estimate of drug-likeness (QED) is 0.643. The number of anilines is 1. The number of nitrogens with one attached hydrogen (secondary N) is 1. The number of aryl methyl sites for hydroxylation is 1. The van der Waals surface area contributed by atoms with Crippen molar-refractivity contribution in [3.8, 4) is 0 Å². The van der Waals surface area contributed by atoms with Crippen LogP contribution in [0.2, 0.25) is 0 Å². The van der Waals surface area contributed by atoms with E-state index in [9.17, 15) is 19.2 Å². The van der Waals surface area contributed by atoms with E-state index in [1.807, 2.05) is 6.92 Å². The van der Waals surface area contributed by atoms with E-state index in [0.29, 0.717) is 43.8 Å². The number of carbonyl (C=O) groups is 4. The van der Waals surface area contributed by atoms with Crippen molar-refractivity contribution in [2.45, 2.75) is 26.7 Å². The largest absolute Gasteiger partial charge is 0.466 e. The maximum Gasteiger partial charge on any atom is 0.309 e. The zero-order chi connectivity index (χ0) is 24.0. The minimum absolute atomic E-state index is 0.0785. The molecule has 0 radical (unpaired) electrons. The number of carbonyl (C=O) groups excluding carboxylic acids is 4. The average molecular weight is 456 g/mol. The zero-order valence-electron chi connectivity index (χ0n) is 19.1. The van der Waals surface area contributed by atoms with E-state index in [0.717, 1.165) is 5.56 Å². The van der Waals surface area contributed by atoms with Gasteiger partial charge in [-0.25, -0.2) is 0 Å². The molecule has 2 heterocycles. The zero-order valence-corrected chi connectivity index (χ0v) is 19.1. The Morgan fingerprint density at radius 2 is 1.91 bits per heavy atom. The summed E-state index contributed by atoms with van der Waals surface area (Å²) >= 11 is 0. The van der Waals surface area contributed by atoms with Crippen LogP contribution in [-0.2, 0) is 14.3 Å². The standard InChI is InChI=1S/C24H29N3O6/c1-4-32-24(31)17-9-11-27(12-10-17)21(28)15-26(3)23(30)18-8-7-16(2)19(14-18)25-22(29)20-6-5-13-33-20/h5-8,13-14,17H,4,9-12,15H2,1-3H3,(H,25,29). The van der Waals surface area contributed by atoms with Crippen LogP contribution < -0.4 is 5.32 Å². The van der Waals surface area contributed by atoms with Gasteiger partial charge in [-0.3, -0.25) is 19.2 Å². The van der Waals surface area contributed by atoms with Gasteiger partial charge < -0.3 is 24.3 Å². The van der Waals surface area contributed by atoms with E-state index >= 15 is 0 Å². The first kappa shape index (κ1) is 24.0. The molecule has 9 heteroatoms. The molecule has 1 aromatic carbocycles. The van der Waals surface area contributed by atoms with Crippen molar-refractivity contribution in [2.24, 2.45) is 5.92 Å². The summed E-state index contributed by atoms with van der Waals surface area (Å²) in [5.74, 6) is -1.16. The number of likely N-dealkylation sites (tertiary alicyclic amines) is 1. The molecule has 1 saturated heterocycles. The molecule has 1 aliphatic rings. The second-order valence-electron chi connectivity index (χ2n) is 8.03. The molecule has 3 amide bonds. The number of nitrogens with zero attached hydrogens (tertiary/aromatic N) is 2. The van der Waals surface area contributed by atoms with Gasteiger partial charge in [0.25, 0.3) is 11.8 Å². The molecular formula is C24H29N3O6. The van der Waals surface area contributed by atoms with Gasteiger partial charge in [0.1, 0.15) is 0 Å². The summed E-state index contributed by atoms with van der Waals surface area (Å²) in [5, 5.41) is 2.75. The van der Waals surface area contributed by atoms with Crippen molar-refractivity contribution in [2.75, 3.05) is 38.6 Å². The number of benzene rings is 1. The smallest absolute Gasteiger partial charge is 0.309 e. The Hall–Kier alpha value is -3.62. The van der Waals surface area contributed by atoms with E-state index in [1.165, 1.54) is 11.2 Å². The Morgan fingerprint density at radius 3 is 2.55 bits per heavy atom. The number of hydrogen-bond acceptors (Lipinski definition) is 6. The highest BCUT2D eigenvalue weighted by Crippen LogP contribution is 2.21. The van der Waals surface area contributed by atoms with Gasteiger partial charge >= 0.3 is 5.97 Å². The highest BCUT2D eigenvalue weighted by Gasteiger charge is 2.29. The Kier molecular flexibility index (Phi) is 7.87. The fraction of sp³-hybridized carbons (Fsp3) is 0.417. The minimum atomic E-state index is -0.414. The van der Waals surface area contributed by atoms with E-state index in [1.54, 1.807) is 49.2 Å². The van der Waals surface area contributed by atoms with Crippen molar-refractivity contribution < 1.29 is 28.3 Å². The van der Waals surface area contributed by atoms with Crippen LogP contribution in [0.4, 0.5) is 5.69 Å². The van der Waals surface area contributed by atoms with Crippen LogP contribution in [0, 0.1) is 12.8 Å². The van der Waals surface area contributed by atoms with Crippen molar-refractivity contribution >= 4 is 29.4 Å². The van der Waals surface area contributed by atoms with E-state index in [2.05, 4.69) is 5.32 Å². The normalized spacial score (nSPS) is 14.0. The van der Waals surface area contributed by atoms with Crippen molar-refractivity contribution in [3.63, 3.8) is 0 Å². The number of piperidine rings is 1. The molecule has 2 aromatic rings. The molecule has 0 atom stereocenters. The molecule has 1 aliphatic heterocycles. The van der Waals surface area contributed by atoms with Gasteiger partial charge in [0.2, 0.25) is 5.91 Å². The number of esters is 1. The molecule has 0 saturated carbocycles. The maximum absolute atomic E-state index is 12.9. The predicted octanol–water partition coefficient (Wildman–Crippen LogP) is 2.71. The van der Waals surface area contributed by atoms with Gasteiger partial charge in [-0.1, -0.05) is 6.07 Å². The second kappa shape index (κ2) is 10.8. The van der Waals surface area contributed by atoms with Crippen LogP contribution in [0.25, 0.3) is 0 Å². The van der Waals surface area contributed by atoms with Crippen LogP contribution in [0.3, 0.4) is 0 Å². The van der Waals surface area contributed by atoms with Gasteiger partial charge in [-0.2, -0.15) is 0 Å². The molecule has 33 heavy (non-hydrogen) atoms. The summed E-state index contributed by atoms with van der Waals surface area (Å²) < 4.78 is 10.2. The lowest BCUT2D eigenvalue weighted by Crippen LogP contribution is -2.45. The first-order chi connectivity index (χ1) is 15.8. The van der Waals surface area contributed by atoms with Crippen molar-refractivity contribution in [1.82, 2.24) is 9.80 Å². The molecule has 1 aromatic heterocycles. The first-order valence-electron chi connectivity index (χ1n) is 11.0. The first-order valence-corrected chi connectivity index (χ1v) is 11.0. The Morgan fingerprint density at radius 1 is 1.18 bits per heavy atom. The average Bonchev–Trinajstić information content (AvgIpc) is 3.35. The Bertz CT molecular complexity index is 1010. The Balaban J connectivity index is 1.58. The number of ether oxygens (including phenoxy) is 1. The Labute approximate surface area is 192 Å². The maximum atomic E-state index is 12.9. The van der Waals surface area contributed by atoms with Crippen LogP contribution in [-0.4, -0.2) is 66.8 Å². The van der Waals surface area contributed by atoms with E-state index in [-0.39, 0.29) is 36.0 Å². The van der Waals surface area contributed by atoms with Crippen LogP contribution in [0.1, 0.15) is 46.2 Å². The van der Waals surface area contributed by atoms with Crippen LogP contribution >= 0.6 is 0 Å². The molecule has 1 fully saturated rings. The summed E-state index contributed by atoms with van der Waals surface area (Å²) in [6.45, 7) is 4.77. The highest BCUT2D eigenvalue weighted by atomic mass is 16.5. The highest BCUT2D eigenvalue weighted by molar-refractivity contribution is 6.04. The lowest BCUT2D eigenvalue weighted by Gasteiger charge is -2.32. The summed E-state index contributed by atoms with van der Waals surface area (Å²) in [6.07, 6.45) is 2.52. The molecule has 1 N–H and O–H groups in total. The molecule has 3 rings (SSSR count). The third kappa shape index (κ3) is 6.00. The van der Waals surface area contributed by atoms with Crippen molar-refractivity contribution in [3.05, 3.63) is 53.5 Å². The fourth-order valence-electron chi connectivity index (χ4n) is 3.70. The van der Waals surface area contributed by atoms with Crippen LogP contribution in [0.15, 0.2) is 41.0 Å².